The number of benzene rings is 1. The predicted molar refractivity (Wildman–Crippen MR) is 45.2 cm³/mol. The SMILES string of the molecule is Fc1cc(-n2c[c]nn2)ccc1Cl. The predicted octanol–water partition coefficient (Wildman–Crippen LogP) is 1.86. The van der Waals surface area contributed by atoms with Crippen LogP contribution in [0.4, 0.5) is 4.39 Å². The Hall–Kier alpha value is -1.42. The molecular weight excluding hydrogens is 193 g/mol. The molecule has 0 saturated heterocycles. The van der Waals surface area contributed by atoms with Gasteiger partial charge >= 0.3 is 0 Å². The highest BCUT2D eigenvalue weighted by Crippen LogP contribution is 2.17. The maximum atomic E-state index is 13.0. The van der Waals surface area contributed by atoms with Crippen molar-refractivity contribution in [2.75, 3.05) is 0 Å². The van der Waals surface area contributed by atoms with E-state index in [1.165, 1.54) is 23.0 Å². The zero-order chi connectivity index (χ0) is 9.26. The molecule has 2 rings (SSSR count). The van der Waals surface area contributed by atoms with Crippen LogP contribution in [0.2, 0.25) is 5.02 Å². The molecule has 0 aliphatic carbocycles. The second-order valence-electron chi connectivity index (χ2n) is 2.39. The summed E-state index contributed by atoms with van der Waals surface area (Å²) in [7, 11) is 0. The van der Waals surface area contributed by atoms with Crippen LogP contribution < -0.4 is 0 Å². The second-order valence-corrected chi connectivity index (χ2v) is 2.80. The van der Waals surface area contributed by atoms with Gasteiger partial charge in [-0.25, -0.2) is 9.07 Å². The van der Waals surface area contributed by atoms with Gasteiger partial charge in [0.25, 0.3) is 0 Å². The van der Waals surface area contributed by atoms with Gasteiger partial charge in [0.15, 0.2) is 0 Å². The van der Waals surface area contributed by atoms with E-state index < -0.39 is 5.82 Å². The Labute approximate surface area is 78.8 Å². The van der Waals surface area contributed by atoms with Crippen molar-refractivity contribution in [3.05, 3.63) is 41.4 Å². The highest BCUT2D eigenvalue weighted by molar-refractivity contribution is 6.30. The molecule has 0 unspecified atom stereocenters. The van der Waals surface area contributed by atoms with E-state index in [1.807, 2.05) is 0 Å². The topological polar surface area (TPSA) is 30.7 Å². The summed E-state index contributed by atoms with van der Waals surface area (Å²) in [6.07, 6.45) is 4.01. The van der Waals surface area contributed by atoms with Crippen LogP contribution in [-0.4, -0.2) is 15.0 Å². The monoisotopic (exact) mass is 196 g/mol. The normalized spacial score (nSPS) is 10.3. The molecule has 0 aliphatic heterocycles. The Bertz CT molecular complexity index is 413. The van der Waals surface area contributed by atoms with E-state index in [4.69, 9.17) is 11.6 Å². The summed E-state index contributed by atoms with van der Waals surface area (Å²) in [5.74, 6) is -0.477. The maximum Gasteiger partial charge on any atom is 0.143 e. The van der Waals surface area contributed by atoms with Crippen molar-refractivity contribution < 1.29 is 4.39 Å². The van der Waals surface area contributed by atoms with Crippen LogP contribution in [-0.2, 0) is 0 Å². The molecule has 1 heterocycles. The Morgan fingerprint density at radius 3 is 2.92 bits per heavy atom. The molecule has 13 heavy (non-hydrogen) atoms. The Morgan fingerprint density at radius 1 is 1.46 bits per heavy atom. The van der Waals surface area contributed by atoms with Gasteiger partial charge in [0.05, 0.1) is 16.9 Å². The molecule has 0 spiro atoms. The van der Waals surface area contributed by atoms with Crippen LogP contribution in [0.3, 0.4) is 0 Å². The number of hydrogen-bond acceptors (Lipinski definition) is 2. The second kappa shape index (κ2) is 3.14. The average molecular weight is 197 g/mol. The van der Waals surface area contributed by atoms with Gasteiger partial charge in [0.2, 0.25) is 0 Å². The highest BCUT2D eigenvalue weighted by Gasteiger charge is 2.02. The minimum atomic E-state index is -0.477. The largest absolute Gasteiger partial charge is 0.220 e. The van der Waals surface area contributed by atoms with E-state index in [0.29, 0.717) is 5.69 Å². The summed E-state index contributed by atoms with van der Waals surface area (Å²) in [6, 6.07) is 4.40. The first kappa shape index (κ1) is 8.19. The molecule has 0 atom stereocenters. The molecular formula is C8H4ClFN3. The van der Waals surface area contributed by atoms with E-state index in [2.05, 4.69) is 16.5 Å². The average Bonchev–Trinajstić information content (AvgIpc) is 2.62. The summed E-state index contributed by atoms with van der Waals surface area (Å²) < 4.78 is 14.4. The minimum absolute atomic E-state index is 0.0906. The summed E-state index contributed by atoms with van der Waals surface area (Å²) in [6.45, 7) is 0. The lowest BCUT2D eigenvalue weighted by molar-refractivity contribution is 0.625. The number of halogens is 2. The molecule has 0 N–H and O–H groups in total. The molecule has 1 aromatic carbocycles. The lowest BCUT2D eigenvalue weighted by Gasteiger charge is -2.00. The lowest BCUT2D eigenvalue weighted by atomic mass is 10.3. The quantitative estimate of drug-likeness (QED) is 0.697. The summed E-state index contributed by atoms with van der Waals surface area (Å²) in [5, 5.41) is 7.23. The van der Waals surface area contributed by atoms with Gasteiger partial charge in [-0.3, -0.25) is 0 Å². The van der Waals surface area contributed by atoms with Crippen molar-refractivity contribution >= 4 is 11.6 Å². The summed E-state index contributed by atoms with van der Waals surface area (Å²) in [5.41, 5.74) is 0.565. The minimum Gasteiger partial charge on any atom is -0.220 e. The van der Waals surface area contributed by atoms with Gasteiger partial charge in [-0.2, -0.15) is 0 Å². The summed E-state index contributed by atoms with van der Waals surface area (Å²) >= 11 is 5.51. The van der Waals surface area contributed by atoms with Crippen LogP contribution in [0.25, 0.3) is 5.69 Å². The van der Waals surface area contributed by atoms with Gasteiger partial charge in [0, 0.05) is 6.07 Å². The first-order chi connectivity index (χ1) is 6.27. The summed E-state index contributed by atoms with van der Waals surface area (Å²) in [4.78, 5) is 0. The fraction of sp³-hybridized carbons (Fsp3) is 0. The molecule has 0 bridgehead atoms. The van der Waals surface area contributed by atoms with Gasteiger partial charge < -0.3 is 0 Å². The van der Waals surface area contributed by atoms with Gasteiger partial charge in [-0.05, 0) is 12.1 Å². The van der Waals surface area contributed by atoms with Crippen LogP contribution in [0.15, 0.2) is 24.4 Å². The molecule has 0 amide bonds. The lowest BCUT2D eigenvalue weighted by Crippen LogP contribution is -1.95. The molecule has 65 valence electrons. The third-order valence-electron chi connectivity index (χ3n) is 1.55. The van der Waals surface area contributed by atoms with Crippen LogP contribution in [0.1, 0.15) is 0 Å². The van der Waals surface area contributed by atoms with Gasteiger partial charge in [0.1, 0.15) is 12.0 Å². The highest BCUT2D eigenvalue weighted by atomic mass is 35.5. The third-order valence-corrected chi connectivity index (χ3v) is 1.85. The molecule has 0 saturated carbocycles. The van der Waals surface area contributed by atoms with Crippen molar-refractivity contribution in [2.45, 2.75) is 0 Å². The van der Waals surface area contributed by atoms with E-state index in [1.54, 1.807) is 6.07 Å². The smallest absolute Gasteiger partial charge is 0.143 e. The van der Waals surface area contributed by atoms with E-state index in [-0.39, 0.29) is 5.02 Å². The number of nitrogens with zero attached hydrogens (tertiary/aromatic N) is 3. The van der Waals surface area contributed by atoms with Crippen molar-refractivity contribution in [1.29, 1.82) is 0 Å². The Kier molecular flexibility index (Phi) is 1.98. The number of rotatable bonds is 1. The fourth-order valence-corrected chi connectivity index (χ4v) is 1.05. The van der Waals surface area contributed by atoms with E-state index in [9.17, 15) is 4.39 Å². The molecule has 2 aromatic rings. The first-order valence-electron chi connectivity index (χ1n) is 3.51. The fourth-order valence-electron chi connectivity index (χ4n) is 0.934. The Morgan fingerprint density at radius 2 is 2.31 bits per heavy atom. The molecule has 3 nitrogen and oxygen atoms in total. The zero-order valence-electron chi connectivity index (χ0n) is 6.41. The van der Waals surface area contributed by atoms with Crippen molar-refractivity contribution in [2.24, 2.45) is 0 Å². The van der Waals surface area contributed by atoms with Crippen molar-refractivity contribution in [3.63, 3.8) is 0 Å². The standard InChI is InChI=1S/C8H4ClFN3/c9-7-2-1-6(5-8(7)10)13-4-3-11-12-13/h1-2,4-5H. The van der Waals surface area contributed by atoms with Gasteiger partial charge in [-0.1, -0.05) is 16.8 Å². The molecule has 0 fully saturated rings. The molecule has 0 aliphatic rings. The first-order valence-corrected chi connectivity index (χ1v) is 3.89. The van der Waals surface area contributed by atoms with E-state index in [0.717, 1.165) is 0 Å². The van der Waals surface area contributed by atoms with Crippen molar-refractivity contribution in [1.82, 2.24) is 15.0 Å². The molecule has 5 heteroatoms. The van der Waals surface area contributed by atoms with Crippen LogP contribution >= 0.6 is 11.6 Å². The Balaban J connectivity index is 2.49. The van der Waals surface area contributed by atoms with E-state index >= 15 is 0 Å². The van der Waals surface area contributed by atoms with Crippen molar-refractivity contribution in [3.8, 4) is 5.69 Å². The molecule has 1 radical (unpaired) electrons. The number of hydrogen-bond donors (Lipinski definition) is 0. The molecule has 1 aromatic heterocycles. The number of aromatic nitrogens is 3. The zero-order valence-corrected chi connectivity index (χ0v) is 7.16. The maximum absolute atomic E-state index is 13.0. The van der Waals surface area contributed by atoms with Crippen LogP contribution in [0, 0.1) is 12.0 Å². The third kappa shape index (κ3) is 1.53. The van der Waals surface area contributed by atoms with Gasteiger partial charge in [-0.15, -0.1) is 5.10 Å². The van der Waals surface area contributed by atoms with Crippen LogP contribution in [0.5, 0.6) is 0 Å².